The maximum absolute atomic E-state index is 5.61. The van der Waals surface area contributed by atoms with Crippen LogP contribution < -0.4 is 15.5 Å². The Morgan fingerprint density at radius 3 is 2.48 bits per heavy atom. The van der Waals surface area contributed by atoms with Crippen LogP contribution in [0.5, 0.6) is 0 Å². The molecule has 6 nitrogen and oxygen atoms in total. The zero-order chi connectivity index (χ0) is 19.0. The van der Waals surface area contributed by atoms with Crippen molar-refractivity contribution >= 4 is 35.8 Å². The number of anilines is 1. The third-order valence-corrected chi connectivity index (χ3v) is 4.71. The molecule has 2 N–H and O–H groups in total. The van der Waals surface area contributed by atoms with Crippen LogP contribution in [0.25, 0.3) is 0 Å². The standard InChI is InChI=1S/C20H35N5O.HI/c1-6-21-19(24-15-17(26-5)20(2,3)4)23-14-16-9-10-18(22-13-16)25-11-7-8-12-25;/h9-10,13,17H,6-8,11-12,14-15H2,1-5H3,(H2,21,23,24);1H. The van der Waals surface area contributed by atoms with E-state index in [0.717, 1.165) is 43.5 Å². The Bertz CT molecular complexity index is 565. The molecule has 27 heavy (non-hydrogen) atoms. The van der Waals surface area contributed by atoms with Crippen LogP contribution in [0.15, 0.2) is 23.3 Å². The fourth-order valence-electron chi connectivity index (χ4n) is 3.09. The summed E-state index contributed by atoms with van der Waals surface area (Å²) < 4.78 is 5.61. The van der Waals surface area contributed by atoms with Gasteiger partial charge in [0.1, 0.15) is 5.82 Å². The third-order valence-electron chi connectivity index (χ3n) is 4.71. The lowest BCUT2D eigenvalue weighted by Gasteiger charge is -2.30. The molecule has 2 heterocycles. The van der Waals surface area contributed by atoms with Gasteiger partial charge in [-0.2, -0.15) is 0 Å². The zero-order valence-corrected chi connectivity index (χ0v) is 19.7. The molecule has 2 rings (SSSR count). The summed E-state index contributed by atoms with van der Waals surface area (Å²) in [5.74, 6) is 1.88. The molecule has 1 aromatic heterocycles. The molecule has 1 atom stereocenters. The van der Waals surface area contributed by atoms with Crippen LogP contribution in [-0.2, 0) is 11.3 Å². The van der Waals surface area contributed by atoms with Gasteiger partial charge in [-0.05, 0) is 36.8 Å². The first-order valence-electron chi connectivity index (χ1n) is 9.69. The summed E-state index contributed by atoms with van der Waals surface area (Å²) in [5.41, 5.74) is 1.19. The first kappa shape index (κ1) is 23.9. The molecule has 1 fully saturated rings. The fraction of sp³-hybridized carbons (Fsp3) is 0.700. The van der Waals surface area contributed by atoms with Crippen LogP contribution in [0, 0.1) is 5.41 Å². The third kappa shape index (κ3) is 7.81. The van der Waals surface area contributed by atoms with Crippen molar-refractivity contribution in [2.24, 2.45) is 10.4 Å². The highest BCUT2D eigenvalue weighted by Gasteiger charge is 2.24. The number of aromatic nitrogens is 1. The lowest BCUT2D eigenvalue weighted by molar-refractivity contribution is 0.0205. The van der Waals surface area contributed by atoms with Gasteiger partial charge in [-0.15, -0.1) is 24.0 Å². The van der Waals surface area contributed by atoms with Gasteiger partial charge in [0.25, 0.3) is 0 Å². The minimum absolute atomic E-state index is 0. The highest BCUT2D eigenvalue weighted by molar-refractivity contribution is 14.0. The summed E-state index contributed by atoms with van der Waals surface area (Å²) in [4.78, 5) is 11.6. The normalized spacial score (nSPS) is 16.0. The summed E-state index contributed by atoms with van der Waals surface area (Å²) in [6.45, 7) is 13.0. The Balaban J connectivity index is 0.00000364. The van der Waals surface area contributed by atoms with Crippen molar-refractivity contribution in [3.05, 3.63) is 23.9 Å². The van der Waals surface area contributed by atoms with Gasteiger partial charge in [0.15, 0.2) is 5.96 Å². The van der Waals surface area contributed by atoms with E-state index in [0.29, 0.717) is 6.54 Å². The number of hydrogen-bond acceptors (Lipinski definition) is 4. The average molecular weight is 489 g/mol. The van der Waals surface area contributed by atoms with Crippen LogP contribution in [0.1, 0.15) is 46.1 Å². The van der Waals surface area contributed by atoms with Crippen LogP contribution in [0.3, 0.4) is 0 Å². The topological polar surface area (TPSA) is 61.8 Å². The minimum Gasteiger partial charge on any atom is -0.379 e. The van der Waals surface area contributed by atoms with E-state index in [2.05, 4.69) is 65.3 Å². The molecule has 0 aromatic carbocycles. The van der Waals surface area contributed by atoms with Gasteiger partial charge >= 0.3 is 0 Å². The Morgan fingerprint density at radius 1 is 1.26 bits per heavy atom. The molecule has 154 valence electrons. The number of hydrogen-bond donors (Lipinski definition) is 2. The zero-order valence-electron chi connectivity index (χ0n) is 17.4. The Kier molecular flexibility index (Phi) is 10.4. The van der Waals surface area contributed by atoms with Gasteiger partial charge in [0, 0.05) is 39.5 Å². The maximum atomic E-state index is 5.61. The van der Waals surface area contributed by atoms with E-state index >= 15 is 0 Å². The summed E-state index contributed by atoms with van der Waals surface area (Å²) in [5, 5.41) is 6.68. The predicted molar refractivity (Wildman–Crippen MR) is 124 cm³/mol. The molecule has 0 amide bonds. The number of methoxy groups -OCH3 is 1. The Morgan fingerprint density at radius 2 is 1.96 bits per heavy atom. The van der Waals surface area contributed by atoms with Gasteiger partial charge in [0.2, 0.25) is 0 Å². The van der Waals surface area contributed by atoms with Crippen molar-refractivity contribution < 1.29 is 4.74 Å². The van der Waals surface area contributed by atoms with E-state index < -0.39 is 0 Å². The molecule has 0 radical (unpaired) electrons. The van der Waals surface area contributed by atoms with Crippen molar-refractivity contribution in [3.63, 3.8) is 0 Å². The number of pyridine rings is 1. The fourth-order valence-corrected chi connectivity index (χ4v) is 3.09. The molecule has 0 spiro atoms. The number of nitrogens with zero attached hydrogens (tertiary/aromatic N) is 3. The first-order chi connectivity index (χ1) is 12.4. The summed E-state index contributed by atoms with van der Waals surface area (Å²) >= 11 is 0. The molecule has 0 saturated carbocycles. The Labute approximate surface area is 181 Å². The molecule has 1 unspecified atom stereocenters. The van der Waals surface area contributed by atoms with Crippen molar-refractivity contribution in [1.29, 1.82) is 0 Å². The lowest BCUT2D eigenvalue weighted by atomic mass is 9.89. The molecule has 0 bridgehead atoms. The number of rotatable bonds is 7. The van der Waals surface area contributed by atoms with E-state index in [-0.39, 0.29) is 35.5 Å². The SMILES string of the molecule is CCNC(=NCc1ccc(N2CCCC2)nc1)NCC(OC)C(C)(C)C.I. The van der Waals surface area contributed by atoms with Gasteiger partial charge in [-0.3, -0.25) is 0 Å². The molecule has 1 saturated heterocycles. The molecule has 0 aliphatic carbocycles. The maximum Gasteiger partial charge on any atom is 0.191 e. The molecule has 1 aliphatic heterocycles. The molecule has 1 aliphatic rings. The van der Waals surface area contributed by atoms with E-state index in [1.165, 1.54) is 12.8 Å². The monoisotopic (exact) mass is 489 g/mol. The summed E-state index contributed by atoms with van der Waals surface area (Å²) in [7, 11) is 1.76. The van der Waals surface area contributed by atoms with Gasteiger partial charge < -0.3 is 20.3 Å². The first-order valence-corrected chi connectivity index (χ1v) is 9.69. The predicted octanol–water partition coefficient (Wildman–Crippen LogP) is 3.42. The van der Waals surface area contributed by atoms with Gasteiger partial charge in [-0.1, -0.05) is 26.8 Å². The van der Waals surface area contributed by atoms with E-state index in [9.17, 15) is 0 Å². The Hall–Kier alpha value is -1.09. The highest BCUT2D eigenvalue weighted by Crippen LogP contribution is 2.21. The number of halogens is 1. The van der Waals surface area contributed by atoms with Crippen molar-refractivity contribution in [2.45, 2.75) is 53.2 Å². The lowest BCUT2D eigenvalue weighted by Crippen LogP contribution is -2.45. The van der Waals surface area contributed by atoms with E-state index in [4.69, 9.17) is 4.74 Å². The summed E-state index contributed by atoms with van der Waals surface area (Å²) in [6.07, 6.45) is 4.59. The van der Waals surface area contributed by atoms with Gasteiger partial charge in [0.05, 0.1) is 12.6 Å². The van der Waals surface area contributed by atoms with Crippen LogP contribution in [0.2, 0.25) is 0 Å². The molecular formula is C20H36IN5O. The summed E-state index contributed by atoms with van der Waals surface area (Å²) in [6, 6.07) is 4.23. The van der Waals surface area contributed by atoms with E-state index in [1.807, 2.05) is 6.20 Å². The molecular weight excluding hydrogens is 453 g/mol. The average Bonchev–Trinajstić information content (AvgIpc) is 3.14. The molecule has 7 heteroatoms. The minimum atomic E-state index is 0. The largest absolute Gasteiger partial charge is 0.379 e. The van der Waals surface area contributed by atoms with Crippen molar-refractivity contribution in [3.8, 4) is 0 Å². The van der Waals surface area contributed by atoms with Gasteiger partial charge in [-0.25, -0.2) is 9.98 Å². The number of nitrogens with one attached hydrogen (secondary N) is 2. The van der Waals surface area contributed by atoms with Crippen LogP contribution in [0.4, 0.5) is 5.82 Å². The van der Waals surface area contributed by atoms with Crippen LogP contribution >= 0.6 is 24.0 Å². The second kappa shape index (κ2) is 11.7. The van der Waals surface area contributed by atoms with Crippen molar-refractivity contribution in [2.75, 3.05) is 38.2 Å². The molecule has 1 aromatic rings. The number of ether oxygens (including phenoxy) is 1. The highest BCUT2D eigenvalue weighted by atomic mass is 127. The number of guanidine groups is 1. The van der Waals surface area contributed by atoms with E-state index in [1.54, 1.807) is 7.11 Å². The second-order valence-electron chi connectivity index (χ2n) is 7.89. The second-order valence-corrected chi connectivity index (χ2v) is 7.89. The van der Waals surface area contributed by atoms with Crippen molar-refractivity contribution in [1.82, 2.24) is 15.6 Å². The van der Waals surface area contributed by atoms with Crippen LogP contribution in [-0.4, -0.2) is 50.3 Å². The smallest absolute Gasteiger partial charge is 0.191 e. The quantitative estimate of drug-likeness (QED) is 0.349. The number of aliphatic imine (C=N–C) groups is 1.